The summed E-state index contributed by atoms with van der Waals surface area (Å²) >= 11 is 0. The molecule has 3 aliphatic rings. The third-order valence-electron chi connectivity index (χ3n) is 21.0. The van der Waals surface area contributed by atoms with E-state index in [2.05, 4.69) is 74.0 Å². The molecule has 3 atom stereocenters. The second kappa shape index (κ2) is 44.3. The number of carbonyl (C=O) groups is 7. The van der Waals surface area contributed by atoms with Gasteiger partial charge in [-0.3, -0.25) is 52.7 Å². The number of aliphatic carboxylic acids is 2. The van der Waals surface area contributed by atoms with Crippen LogP contribution in [0.5, 0.6) is 11.5 Å². The number of rotatable bonds is 47. The molecule has 124 heavy (non-hydrogen) atoms. The number of nitrogens with zero attached hydrogens (tertiary/aromatic N) is 3. The molecule has 0 spiro atoms. The van der Waals surface area contributed by atoms with Gasteiger partial charge in [0.25, 0.3) is 32.1 Å². The van der Waals surface area contributed by atoms with Crippen LogP contribution in [0.25, 0.3) is 21.5 Å². The monoisotopic (exact) mass is 1790 g/mol. The lowest BCUT2D eigenvalue weighted by molar-refractivity contribution is -0.139. The number of allylic oxidation sites excluding steroid dienone is 7. The zero-order valence-corrected chi connectivity index (χ0v) is 73.1. The molecule has 0 fully saturated rings. The first kappa shape index (κ1) is 96.5. The summed E-state index contributed by atoms with van der Waals surface area (Å²) < 4.78 is 139. The molecule has 6 aromatic carbocycles. The predicted molar refractivity (Wildman–Crippen MR) is 472 cm³/mol. The zero-order chi connectivity index (χ0) is 90.0. The van der Waals surface area contributed by atoms with Crippen molar-refractivity contribution in [3.05, 3.63) is 185 Å². The maximum Gasteiger partial charge on any atom is 0.323 e. The van der Waals surface area contributed by atoms with E-state index in [1.54, 1.807) is 54.6 Å². The Kier molecular flexibility index (Phi) is 34.5. The van der Waals surface area contributed by atoms with Gasteiger partial charge in [0, 0.05) is 110 Å². The van der Waals surface area contributed by atoms with Crippen LogP contribution in [0.3, 0.4) is 0 Å². The molecule has 0 radical (unpaired) electrons. The summed E-state index contributed by atoms with van der Waals surface area (Å²) in [5, 5.41) is 47.4. The lowest BCUT2D eigenvalue weighted by Gasteiger charge is -2.30. The van der Waals surface area contributed by atoms with E-state index in [0.717, 1.165) is 65.9 Å². The van der Waals surface area contributed by atoms with Crippen molar-refractivity contribution >= 4 is 121 Å². The summed E-state index contributed by atoms with van der Waals surface area (Å²) in [5.74, 6) is -5.72. The van der Waals surface area contributed by atoms with Crippen LogP contribution >= 0.6 is 0 Å². The van der Waals surface area contributed by atoms with Crippen LogP contribution in [-0.4, -0.2) is 221 Å². The lowest BCUT2D eigenvalue weighted by atomic mass is 9.74. The Bertz CT molecular complexity index is 5530. The predicted octanol–water partition coefficient (Wildman–Crippen LogP) is 5.89. The number of carboxylic acids is 2. The average Bonchev–Trinajstić information content (AvgIpc) is 1.52. The van der Waals surface area contributed by atoms with E-state index in [9.17, 15) is 86.6 Å². The maximum atomic E-state index is 14.0. The fraction of sp³-hybridized carbons (Fsp3) is 0.424. The molecule has 3 heterocycles. The Morgan fingerprint density at radius 3 is 1.69 bits per heavy atom. The number of anilines is 1. The molecule has 6 aromatic rings. The Balaban J connectivity index is 0.796. The van der Waals surface area contributed by atoms with Gasteiger partial charge in [0.2, 0.25) is 37.8 Å². The lowest BCUT2D eigenvalue weighted by Crippen LogP contribution is -2.51. The van der Waals surface area contributed by atoms with Gasteiger partial charge in [0.1, 0.15) is 47.7 Å². The topological polar surface area (TPSA) is 516 Å². The third-order valence-corrected chi connectivity index (χ3v) is 25.6. The van der Waals surface area contributed by atoms with E-state index >= 15 is 0 Å². The van der Waals surface area contributed by atoms with Gasteiger partial charge in [-0.15, -0.1) is 0 Å². The van der Waals surface area contributed by atoms with Crippen LogP contribution < -0.4 is 71.7 Å². The highest BCUT2D eigenvalue weighted by Gasteiger charge is 2.42. The van der Waals surface area contributed by atoms with Crippen LogP contribution in [-0.2, 0) is 75.1 Å². The summed E-state index contributed by atoms with van der Waals surface area (Å²) in [6, 6.07) is 23.6. The van der Waals surface area contributed by atoms with E-state index in [1.807, 2.05) is 81.9 Å². The van der Waals surface area contributed by atoms with Gasteiger partial charge in [0.15, 0.2) is 11.9 Å². The van der Waals surface area contributed by atoms with E-state index in [-0.39, 0.29) is 59.6 Å². The Morgan fingerprint density at radius 1 is 0.597 bits per heavy atom. The summed E-state index contributed by atoms with van der Waals surface area (Å²) in [4.78, 5) is 102. The highest BCUT2D eigenvalue weighted by Crippen LogP contribution is 2.51. The van der Waals surface area contributed by atoms with E-state index < -0.39 is 148 Å². The Labute approximate surface area is 722 Å². The molecule has 0 aliphatic carbocycles. The van der Waals surface area contributed by atoms with E-state index in [0.29, 0.717) is 104 Å². The van der Waals surface area contributed by atoms with Gasteiger partial charge >= 0.3 is 11.9 Å². The van der Waals surface area contributed by atoms with Crippen molar-refractivity contribution in [2.45, 2.75) is 144 Å². The Hall–Kier alpha value is -11.3. The van der Waals surface area contributed by atoms with Crippen molar-refractivity contribution in [2.75, 3.05) is 102 Å². The van der Waals surface area contributed by atoms with Crippen LogP contribution in [0.4, 0.5) is 5.69 Å². The number of aliphatic imine (C=N–C) groups is 2. The summed E-state index contributed by atoms with van der Waals surface area (Å²) in [6.07, 6.45) is 13.0. The van der Waals surface area contributed by atoms with Crippen LogP contribution in [0, 0.1) is 6.92 Å². The number of ether oxygens (including phenoxy) is 2. The zero-order valence-electron chi connectivity index (χ0n) is 69.8. The molecule has 3 aliphatic heterocycles. The molecule has 9 rings (SSSR count). The standard InChI is InChI=1S/C85H110N14O21S4/c1-56-26-38-64-65(20-16-22-71(64)124(116,117)118)75(56)84(3,4)57(2)19-10-7-12-23-72-85(5,6)76-66-53-63(123(113,114)115)37-31-58(66)32-39-70(76)99(72)48-15-9-14-25-74(101)96-67(79(104)87-47-52-122(111,112)98-69(81(107)108)55-95-78(103)60-29-35-62(36-30-60)120-50-45-93-83-90-42-18-43-91-83)21-11-8-13-24-73(100)86-46-51-121(109,110)97-68(80(105)106)54-94-77(102)59-27-33-61(34-28-59)119-49-44-92-82-88-40-17-41-89-82/h7,10,12,16,19-20,22-23,26-39,53,67-69,97-98H,2,8-9,11,13-15,17-18,21,24-25,40-52,54-55H2,1,3-6H3,(H,86,100)(H,87,104)(H,94,102)(H,95,103)(H,96,101)(H,105,106)(H,107,108)(H2,88,89,92)(H2,90,91,93)(H,113,114,115)(H,116,117,118)/b12-7+,19-10+,72-23+/t67?,68-,69-/m0/s1. The first-order chi connectivity index (χ1) is 58.8. The van der Waals surface area contributed by atoms with Crippen molar-refractivity contribution in [1.82, 2.24) is 57.3 Å². The van der Waals surface area contributed by atoms with Gasteiger partial charge in [-0.1, -0.05) is 114 Å². The number of aryl methyl sites for hydroxylation is 1. The fourth-order valence-corrected chi connectivity index (χ4v) is 17.9. The van der Waals surface area contributed by atoms with Crippen molar-refractivity contribution in [2.24, 2.45) is 9.98 Å². The van der Waals surface area contributed by atoms with Crippen LogP contribution in [0.1, 0.15) is 136 Å². The minimum Gasteiger partial charge on any atom is -0.492 e. The van der Waals surface area contributed by atoms with Gasteiger partial charge in [0.05, 0.1) is 29.5 Å². The van der Waals surface area contributed by atoms with Gasteiger partial charge in [-0.2, -0.15) is 26.3 Å². The fourth-order valence-electron chi connectivity index (χ4n) is 14.5. The number of hydrogen-bond acceptors (Lipinski definition) is 24. The molecule has 0 saturated carbocycles. The number of unbranched alkanes of at least 4 members (excludes halogenated alkanes) is 4. The highest BCUT2D eigenvalue weighted by molar-refractivity contribution is 7.89. The minimum absolute atomic E-state index is 0.0130. The normalized spacial score (nSPS) is 15.3. The molecule has 670 valence electrons. The molecule has 39 heteroatoms. The quantitative estimate of drug-likeness (QED) is 0.0120. The molecule has 35 nitrogen and oxygen atoms in total. The smallest absolute Gasteiger partial charge is 0.323 e. The van der Waals surface area contributed by atoms with Crippen molar-refractivity contribution in [3.63, 3.8) is 0 Å². The molecular formula is C85H110N14O21S4. The average molecular weight is 1790 g/mol. The van der Waals surface area contributed by atoms with Crippen LogP contribution in [0.15, 0.2) is 177 Å². The second-order valence-corrected chi connectivity index (χ2v) is 37.5. The van der Waals surface area contributed by atoms with Gasteiger partial charge in [-0.05, 0) is 163 Å². The van der Waals surface area contributed by atoms with Crippen molar-refractivity contribution in [3.8, 4) is 11.5 Å². The Morgan fingerprint density at radius 2 is 1.15 bits per heavy atom. The first-order valence-corrected chi connectivity index (χ1v) is 46.9. The van der Waals surface area contributed by atoms with E-state index in [4.69, 9.17) is 9.47 Å². The molecule has 1 unspecified atom stereocenters. The van der Waals surface area contributed by atoms with E-state index in [1.165, 1.54) is 42.5 Å². The van der Waals surface area contributed by atoms with Crippen molar-refractivity contribution < 1.29 is 96.0 Å². The van der Waals surface area contributed by atoms with Gasteiger partial charge < -0.3 is 72.4 Å². The number of carboxylic acid groups (broad SMARTS) is 2. The maximum absolute atomic E-state index is 14.0. The van der Waals surface area contributed by atoms with Crippen LogP contribution in [0.2, 0.25) is 0 Å². The first-order valence-electron chi connectivity index (χ1n) is 40.7. The largest absolute Gasteiger partial charge is 0.492 e. The molecule has 0 bridgehead atoms. The third kappa shape index (κ3) is 28.1. The number of nitrogens with one attached hydrogen (secondary N) is 11. The number of benzene rings is 6. The number of hydrogen-bond donors (Lipinski definition) is 15. The number of carbonyl (C=O) groups excluding carboxylic acids is 5. The second-order valence-electron chi connectivity index (χ2n) is 31.0. The molecule has 0 aromatic heterocycles. The number of guanidine groups is 2. The highest BCUT2D eigenvalue weighted by atomic mass is 32.2. The number of amides is 5. The molecule has 5 amide bonds. The van der Waals surface area contributed by atoms with Gasteiger partial charge in [-0.25, -0.2) is 16.8 Å². The number of fused-ring (bicyclic) bond motifs is 4. The minimum atomic E-state index is -4.61. The summed E-state index contributed by atoms with van der Waals surface area (Å²) in [7, 11) is -18.0. The number of sulfonamides is 2. The van der Waals surface area contributed by atoms with Crippen molar-refractivity contribution in [1.29, 1.82) is 0 Å². The molecular weight excluding hydrogens is 1680 g/mol. The summed E-state index contributed by atoms with van der Waals surface area (Å²) in [5.41, 5.74) is 3.59. The molecule has 15 N–H and O–H groups in total. The molecule has 0 saturated heterocycles. The summed E-state index contributed by atoms with van der Waals surface area (Å²) in [6.45, 7) is 17.0. The SMILES string of the molecule is C=C(/C=C/C=C/C=C1/N(CCCCCC(=O)NC(CCCCCC(=O)NCCS(=O)(=O)N[C@@H](CNC(=O)c2ccc(OCCNC3=NCCCN3)cc2)C(=O)O)C(=O)NCCS(=O)(=O)N[C@@H](CNC(=O)c2ccc(OCCNC3=NCCCN3)cc2)C(=O)O)c2ccc3ccc(S(=O)(=O)O)cc3c2C1(C)C)C(C)(C)c1c(C)ccc2c(S(=O)(=O)O)cccc12.